The second-order valence-electron chi connectivity index (χ2n) is 14.4. The number of likely N-dealkylation sites (N-methyl/N-ethyl adjacent to an activating group) is 1. The summed E-state index contributed by atoms with van der Waals surface area (Å²) in [6, 6.07) is 5.29. The van der Waals surface area contributed by atoms with Crippen LogP contribution in [0.15, 0.2) is 24.4 Å². The van der Waals surface area contributed by atoms with Crippen molar-refractivity contribution in [2.75, 3.05) is 48.9 Å². The Bertz CT molecular complexity index is 1600. The maximum Gasteiger partial charge on any atom is 0.329 e. The summed E-state index contributed by atoms with van der Waals surface area (Å²) >= 11 is 0. The number of aromatic nitrogens is 2. The number of carbonyl (C=O) groups excluding carboxylic acids is 3. The molecule has 6 rings (SSSR count). The van der Waals surface area contributed by atoms with E-state index in [0.717, 1.165) is 76.8 Å². The standard InChI is InChI=1S/C37H52N8O6/c1-4-28-34(48)43(2)29-23-38-36(41-32(29)45(28)26-10-5-6-11-26)40-27-14-13-24(22-30(27)51-3)33(47)39-25-15-20-44(21-16-25)19-9-12-31(46)42-37(35(49)50)17-7-8-18-37/h13-14,22-23,25-26,28H,4-12,15-21H2,1-3H3,(H,39,47)(H,42,46)(H,49,50)(H,38,40,41)/t28-/m1/s1. The van der Waals surface area contributed by atoms with Crippen LogP contribution in [0.25, 0.3) is 0 Å². The molecule has 2 aliphatic heterocycles. The molecule has 4 N–H and O–H groups in total. The molecule has 1 saturated heterocycles. The summed E-state index contributed by atoms with van der Waals surface area (Å²) in [5.41, 5.74) is 0.708. The van der Waals surface area contributed by atoms with Crippen LogP contribution in [0.2, 0.25) is 0 Å². The monoisotopic (exact) mass is 704 g/mol. The lowest BCUT2D eigenvalue weighted by molar-refractivity contribution is -0.147. The van der Waals surface area contributed by atoms with E-state index in [0.29, 0.717) is 60.7 Å². The average Bonchev–Trinajstić information content (AvgIpc) is 3.84. The highest BCUT2D eigenvalue weighted by Gasteiger charge is 2.43. The van der Waals surface area contributed by atoms with Crippen LogP contribution in [0.1, 0.15) is 101 Å². The van der Waals surface area contributed by atoms with Gasteiger partial charge in [-0.25, -0.2) is 9.78 Å². The minimum atomic E-state index is -1.10. The Hall–Kier alpha value is -4.46. The third-order valence-electron chi connectivity index (χ3n) is 11.2. The van der Waals surface area contributed by atoms with Crippen molar-refractivity contribution in [3.8, 4) is 5.75 Å². The highest BCUT2D eigenvalue weighted by Crippen LogP contribution is 2.40. The van der Waals surface area contributed by atoms with E-state index < -0.39 is 11.5 Å². The molecular formula is C37H52N8O6. The number of ether oxygens (including phenoxy) is 1. The minimum Gasteiger partial charge on any atom is -0.495 e. The lowest BCUT2D eigenvalue weighted by Crippen LogP contribution is -2.55. The Labute approximate surface area is 299 Å². The van der Waals surface area contributed by atoms with E-state index in [4.69, 9.17) is 9.72 Å². The molecule has 1 aromatic carbocycles. The number of nitrogens with one attached hydrogen (secondary N) is 3. The fourth-order valence-corrected chi connectivity index (χ4v) is 8.23. The highest BCUT2D eigenvalue weighted by molar-refractivity contribution is 6.04. The first-order valence-electron chi connectivity index (χ1n) is 18.6. The maximum absolute atomic E-state index is 13.3. The zero-order valence-corrected chi connectivity index (χ0v) is 30.1. The lowest BCUT2D eigenvalue weighted by Gasteiger charge is -2.43. The first-order valence-corrected chi connectivity index (χ1v) is 18.6. The molecule has 51 heavy (non-hydrogen) atoms. The van der Waals surface area contributed by atoms with Crippen molar-refractivity contribution in [1.29, 1.82) is 0 Å². The van der Waals surface area contributed by atoms with Crippen LogP contribution >= 0.6 is 0 Å². The van der Waals surface area contributed by atoms with Gasteiger partial charge in [0.15, 0.2) is 5.82 Å². The van der Waals surface area contributed by atoms with E-state index in [1.807, 2.05) is 6.92 Å². The van der Waals surface area contributed by atoms with Crippen molar-refractivity contribution in [2.45, 2.75) is 114 Å². The van der Waals surface area contributed by atoms with E-state index in [1.54, 1.807) is 43.5 Å². The zero-order valence-electron chi connectivity index (χ0n) is 30.1. The quantitative estimate of drug-likeness (QED) is 0.236. The van der Waals surface area contributed by atoms with E-state index in [2.05, 4.69) is 30.7 Å². The number of hydrogen-bond acceptors (Lipinski definition) is 10. The summed E-state index contributed by atoms with van der Waals surface area (Å²) < 4.78 is 5.68. The van der Waals surface area contributed by atoms with Crippen LogP contribution in [0.5, 0.6) is 5.75 Å². The molecule has 2 saturated carbocycles. The smallest absolute Gasteiger partial charge is 0.329 e. The summed E-state index contributed by atoms with van der Waals surface area (Å²) in [4.78, 5) is 66.4. The number of likely N-dealkylation sites (tertiary alicyclic amines) is 1. The number of benzene rings is 1. The first-order chi connectivity index (χ1) is 24.6. The predicted molar refractivity (Wildman–Crippen MR) is 194 cm³/mol. The molecule has 0 unspecified atom stereocenters. The van der Waals surface area contributed by atoms with Crippen molar-refractivity contribution in [3.63, 3.8) is 0 Å². The Kier molecular flexibility index (Phi) is 11.3. The van der Waals surface area contributed by atoms with E-state index in [-0.39, 0.29) is 35.8 Å². The Morgan fingerprint density at radius 1 is 1.06 bits per heavy atom. The van der Waals surface area contributed by atoms with Gasteiger partial charge in [-0.05, 0) is 76.1 Å². The van der Waals surface area contributed by atoms with Crippen molar-refractivity contribution in [3.05, 3.63) is 30.0 Å². The number of hydrogen-bond donors (Lipinski definition) is 4. The van der Waals surface area contributed by atoms with Gasteiger partial charge in [0.1, 0.15) is 23.0 Å². The molecule has 0 bridgehead atoms. The van der Waals surface area contributed by atoms with Gasteiger partial charge < -0.3 is 40.5 Å². The number of carbonyl (C=O) groups is 4. The number of anilines is 4. The van der Waals surface area contributed by atoms with Gasteiger partial charge in [-0.3, -0.25) is 14.4 Å². The normalized spacial score (nSPS) is 21.0. The second kappa shape index (κ2) is 15.8. The molecule has 276 valence electrons. The Morgan fingerprint density at radius 2 is 1.78 bits per heavy atom. The van der Waals surface area contributed by atoms with Gasteiger partial charge in [0.05, 0.1) is 19.0 Å². The van der Waals surface area contributed by atoms with E-state index in [9.17, 15) is 24.3 Å². The molecule has 0 radical (unpaired) electrons. The molecule has 3 amide bonds. The third-order valence-corrected chi connectivity index (χ3v) is 11.2. The van der Waals surface area contributed by atoms with Crippen LogP contribution in [-0.4, -0.2) is 101 Å². The van der Waals surface area contributed by atoms with Gasteiger partial charge in [-0.15, -0.1) is 0 Å². The number of nitrogens with zero attached hydrogens (tertiary/aromatic N) is 5. The van der Waals surface area contributed by atoms with Gasteiger partial charge in [-0.2, -0.15) is 4.98 Å². The molecule has 4 aliphatic rings. The number of rotatable bonds is 13. The number of fused-ring (bicyclic) bond motifs is 1. The largest absolute Gasteiger partial charge is 0.495 e. The van der Waals surface area contributed by atoms with Gasteiger partial charge >= 0.3 is 5.97 Å². The number of methoxy groups -OCH3 is 1. The highest BCUT2D eigenvalue weighted by atomic mass is 16.5. The molecule has 3 heterocycles. The summed E-state index contributed by atoms with van der Waals surface area (Å²) in [5, 5.41) is 18.8. The zero-order chi connectivity index (χ0) is 36.1. The number of amides is 3. The van der Waals surface area contributed by atoms with Crippen LogP contribution in [0.3, 0.4) is 0 Å². The Morgan fingerprint density at radius 3 is 2.45 bits per heavy atom. The van der Waals surface area contributed by atoms with Crippen molar-refractivity contribution in [2.24, 2.45) is 0 Å². The van der Waals surface area contributed by atoms with Crippen LogP contribution in [0, 0.1) is 0 Å². The predicted octanol–water partition coefficient (Wildman–Crippen LogP) is 4.22. The van der Waals surface area contributed by atoms with Gasteiger partial charge in [-0.1, -0.05) is 32.6 Å². The summed E-state index contributed by atoms with van der Waals surface area (Å²) in [7, 11) is 3.34. The van der Waals surface area contributed by atoms with Crippen LogP contribution in [0.4, 0.5) is 23.1 Å². The molecule has 1 aromatic heterocycles. The number of carboxylic acids is 1. The fraction of sp³-hybridized carbons (Fsp3) is 0.622. The topological polar surface area (TPSA) is 169 Å². The van der Waals surface area contributed by atoms with Gasteiger partial charge in [0, 0.05) is 44.2 Å². The molecule has 3 fully saturated rings. The maximum atomic E-state index is 13.3. The molecule has 14 nitrogen and oxygen atoms in total. The average molecular weight is 705 g/mol. The van der Waals surface area contributed by atoms with Gasteiger partial charge in [0.2, 0.25) is 17.8 Å². The molecule has 1 atom stereocenters. The van der Waals surface area contributed by atoms with Crippen LogP contribution in [-0.2, 0) is 14.4 Å². The number of aliphatic carboxylic acids is 1. The molecule has 14 heteroatoms. The summed E-state index contributed by atoms with van der Waals surface area (Å²) in [6.07, 6.45) is 11.9. The number of carboxylic acid groups (broad SMARTS) is 1. The molecular weight excluding hydrogens is 652 g/mol. The number of piperidine rings is 1. The van der Waals surface area contributed by atoms with Crippen molar-refractivity contribution < 1.29 is 29.0 Å². The minimum absolute atomic E-state index is 0.0299. The molecule has 2 aliphatic carbocycles. The SMILES string of the molecule is CC[C@@H]1C(=O)N(C)c2cnc(Nc3ccc(C(=O)NC4CCN(CCCC(=O)NC5(C(=O)O)CCCC5)CC4)cc3OC)nc2N1C1CCCC1. The van der Waals surface area contributed by atoms with Crippen LogP contribution < -0.4 is 30.5 Å². The third kappa shape index (κ3) is 7.90. The van der Waals surface area contributed by atoms with Gasteiger partial charge in [0.25, 0.3) is 5.91 Å². The molecule has 0 spiro atoms. The first kappa shape index (κ1) is 36.3. The second-order valence-corrected chi connectivity index (χ2v) is 14.4. The molecule has 2 aromatic rings. The van der Waals surface area contributed by atoms with E-state index in [1.165, 1.54) is 0 Å². The Balaban J connectivity index is 1.02. The summed E-state index contributed by atoms with van der Waals surface area (Å²) in [6.45, 7) is 4.40. The van der Waals surface area contributed by atoms with E-state index >= 15 is 0 Å². The van der Waals surface area contributed by atoms with Crippen molar-refractivity contribution >= 4 is 46.8 Å². The lowest BCUT2D eigenvalue weighted by atomic mass is 9.97. The summed E-state index contributed by atoms with van der Waals surface area (Å²) in [5.74, 6) is 0.378. The fourth-order valence-electron chi connectivity index (χ4n) is 8.23. The van der Waals surface area contributed by atoms with Crippen molar-refractivity contribution in [1.82, 2.24) is 25.5 Å².